The van der Waals surface area contributed by atoms with Gasteiger partial charge in [0, 0.05) is 17.5 Å². The van der Waals surface area contributed by atoms with Crippen molar-refractivity contribution in [2.24, 2.45) is 0 Å². The molecule has 0 saturated carbocycles. The zero-order valence-electron chi connectivity index (χ0n) is 9.63. The van der Waals surface area contributed by atoms with E-state index in [0.29, 0.717) is 17.5 Å². The van der Waals surface area contributed by atoms with Crippen LogP contribution in [0.1, 0.15) is 12.8 Å². The van der Waals surface area contributed by atoms with Crippen molar-refractivity contribution in [3.8, 4) is 5.75 Å². The van der Waals surface area contributed by atoms with Gasteiger partial charge in [0.1, 0.15) is 5.52 Å². The maximum Gasteiger partial charge on any atom is 0.158 e. The van der Waals surface area contributed by atoms with Crippen LogP contribution in [0.4, 0.5) is 0 Å². The molecule has 0 aliphatic rings. The molecule has 0 N–H and O–H groups in total. The van der Waals surface area contributed by atoms with Crippen LogP contribution in [0.5, 0.6) is 5.75 Å². The first kappa shape index (κ1) is 14.2. The quantitative estimate of drug-likeness (QED) is 0.408. The molecule has 0 bridgehead atoms. The molecule has 1 aromatic carbocycles. The summed E-state index contributed by atoms with van der Waals surface area (Å²) in [6.07, 6.45) is 3.65. The summed E-state index contributed by atoms with van der Waals surface area (Å²) in [7, 11) is 0. The molecule has 18 heavy (non-hydrogen) atoms. The molecule has 2 aromatic rings. The third kappa shape index (κ3) is 3.19. The molecular weight excluding hydrogens is 384 g/mol. The summed E-state index contributed by atoms with van der Waals surface area (Å²) >= 11 is 14.1. The first-order chi connectivity index (χ1) is 8.74. The van der Waals surface area contributed by atoms with Crippen molar-refractivity contribution in [2.45, 2.75) is 12.8 Å². The van der Waals surface area contributed by atoms with Crippen LogP contribution < -0.4 is 4.74 Å². The number of rotatable bonds is 5. The van der Waals surface area contributed by atoms with Gasteiger partial charge < -0.3 is 4.74 Å². The number of fused-ring (bicyclic) bond motifs is 1. The van der Waals surface area contributed by atoms with Gasteiger partial charge in [0.25, 0.3) is 0 Å². The lowest BCUT2D eigenvalue weighted by Crippen LogP contribution is -2.01. The van der Waals surface area contributed by atoms with Gasteiger partial charge in [-0.15, -0.1) is 11.6 Å². The molecule has 1 aromatic heterocycles. The van der Waals surface area contributed by atoms with Gasteiger partial charge in [-0.05, 0) is 53.6 Å². The molecule has 0 saturated heterocycles. The van der Waals surface area contributed by atoms with E-state index in [-0.39, 0.29) is 0 Å². The third-order valence-corrected chi connectivity index (χ3v) is 3.91. The third-order valence-electron chi connectivity index (χ3n) is 2.52. The van der Waals surface area contributed by atoms with E-state index in [1.165, 1.54) is 0 Å². The van der Waals surface area contributed by atoms with E-state index in [9.17, 15) is 0 Å². The molecule has 0 fully saturated rings. The Labute approximate surface area is 130 Å². The van der Waals surface area contributed by atoms with Gasteiger partial charge in [-0.25, -0.2) is 0 Å². The van der Waals surface area contributed by atoms with Gasteiger partial charge in [0.05, 0.1) is 15.2 Å². The Morgan fingerprint density at radius 1 is 1.33 bits per heavy atom. The van der Waals surface area contributed by atoms with E-state index in [2.05, 4.69) is 27.6 Å². The van der Waals surface area contributed by atoms with Crippen molar-refractivity contribution in [3.63, 3.8) is 0 Å². The fourth-order valence-electron chi connectivity index (χ4n) is 1.65. The van der Waals surface area contributed by atoms with Crippen molar-refractivity contribution >= 4 is 56.7 Å². The molecule has 0 unspecified atom stereocenters. The van der Waals surface area contributed by atoms with Crippen LogP contribution in [0.3, 0.4) is 0 Å². The van der Waals surface area contributed by atoms with Crippen LogP contribution in [0, 0.1) is 3.57 Å². The minimum absolute atomic E-state index is 0.649. The highest BCUT2D eigenvalue weighted by Gasteiger charge is 2.11. The van der Waals surface area contributed by atoms with Crippen molar-refractivity contribution in [1.82, 2.24) is 4.98 Å². The van der Waals surface area contributed by atoms with E-state index in [1.807, 2.05) is 18.2 Å². The minimum atomic E-state index is 0.649. The lowest BCUT2D eigenvalue weighted by atomic mass is 10.2. The first-order valence-corrected chi connectivity index (χ1v) is 7.64. The summed E-state index contributed by atoms with van der Waals surface area (Å²) in [4.78, 5) is 4.36. The largest absolute Gasteiger partial charge is 0.490 e. The van der Waals surface area contributed by atoms with Crippen LogP contribution >= 0.6 is 45.8 Å². The van der Waals surface area contributed by atoms with Gasteiger partial charge in [-0.2, -0.15) is 0 Å². The van der Waals surface area contributed by atoms with Crippen LogP contribution in [-0.2, 0) is 0 Å². The molecular formula is C13H12Cl2INO. The summed E-state index contributed by atoms with van der Waals surface area (Å²) in [5, 5.41) is 1.63. The highest BCUT2D eigenvalue weighted by Crippen LogP contribution is 2.34. The number of nitrogens with zero attached hydrogens (tertiary/aromatic N) is 1. The fraction of sp³-hybridized carbons (Fsp3) is 0.308. The molecule has 0 spiro atoms. The maximum atomic E-state index is 6.20. The van der Waals surface area contributed by atoms with Crippen molar-refractivity contribution in [1.29, 1.82) is 0 Å². The highest BCUT2D eigenvalue weighted by atomic mass is 127. The Morgan fingerprint density at radius 3 is 2.94 bits per heavy atom. The molecule has 0 aliphatic carbocycles. The van der Waals surface area contributed by atoms with Crippen LogP contribution in [-0.4, -0.2) is 17.5 Å². The minimum Gasteiger partial charge on any atom is -0.490 e. The number of pyridine rings is 1. The summed E-state index contributed by atoms with van der Waals surface area (Å²) in [5.41, 5.74) is 0.820. The van der Waals surface area contributed by atoms with E-state index in [0.717, 1.165) is 33.1 Å². The smallest absolute Gasteiger partial charge is 0.158 e. The van der Waals surface area contributed by atoms with Crippen molar-refractivity contribution < 1.29 is 4.74 Å². The van der Waals surface area contributed by atoms with Gasteiger partial charge in [-0.3, -0.25) is 4.98 Å². The number of benzene rings is 1. The lowest BCUT2D eigenvalue weighted by molar-refractivity contribution is 0.310. The number of halogens is 3. The average Bonchev–Trinajstić information content (AvgIpc) is 2.38. The molecule has 2 nitrogen and oxygen atoms in total. The number of aromatic nitrogens is 1. The Hall–Kier alpha value is -0.260. The van der Waals surface area contributed by atoms with Gasteiger partial charge in [0.2, 0.25) is 0 Å². The van der Waals surface area contributed by atoms with E-state index < -0.39 is 0 Å². The summed E-state index contributed by atoms with van der Waals surface area (Å²) in [6, 6.07) is 5.73. The number of unbranched alkanes of at least 4 members (excludes halogenated alkanes) is 1. The number of hydrogen-bond donors (Lipinski definition) is 0. The van der Waals surface area contributed by atoms with Gasteiger partial charge in [0.15, 0.2) is 5.75 Å². The van der Waals surface area contributed by atoms with Crippen LogP contribution in [0.15, 0.2) is 24.4 Å². The first-order valence-electron chi connectivity index (χ1n) is 5.65. The van der Waals surface area contributed by atoms with E-state index in [1.54, 1.807) is 6.20 Å². The monoisotopic (exact) mass is 395 g/mol. The van der Waals surface area contributed by atoms with Crippen molar-refractivity contribution in [2.75, 3.05) is 12.5 Å². The normalized spacial score (nSPS) is 10.8. The zero-order chi connectivity index (χ0) is 13.0. The zero-order valence-corrected chi connectivity index (χ0v) is 13.3. The van der Waals surface area contributed by atoms with Gasteiger partial charge in [-0.1, -0.05) is 11.6 Å². The number of hydrogen-bond acceptors (Lipinski definition) is 2. The maximum absolute atomic E-state index is 6.20. The summed E-state index contributed by atoms with van der Waals surface area (Å²) < 4.78 is 6.80. The molecule has 0 aliphatic heterocycles. The Balaban J connectivity index is 2.31. The summed E-state index contributed by atoms with van der Waals surface area (Å²) in [5.74, 6) is 1.48. The average molecular weight is 396 g/mol. The molecule has 5 heteroatoms. The Kier molecular flexibility index (Phi) is 5.33. The molecule has 0 amide bonds. The highest BCUT2D eigenvalue weighted by molar-refractivity contribution is 14.1. The number of alkyl halides is 1. The molecule has 2 rings (SSSR count). The van der Waals surface area contributed by atoms with E-state index in [4.69, 9.17) is 27.9 Å². The second-order valence-electron chi connectivity index (χ2n) is 3.81. The molecule has 0 radical (unpaired) electrons. The Morgan fingerprint density at radius 2 is 2.17 bits per heavy atom. The standard InChI is InChI=1S/C13H12Cl2INO/c14-5-1-2-7-18-13-11(16)8-10(15)9-4-3-6-17-12(9)13/h3-4,6,8H,1-2,5,7H2. The SMILES string of the molecule is ClCCCCOc1c(I)cc(Cl)c2cccnc12. The topological polar surface area (TPSA) is 22.1 Å². The lowest BCUT2D eigenvalue weighted by Gasteiger charge is -2.11. The Bertz CT molecular complexity index is 548. The van der Waals surface area contributed by atoms with Crippen molar-refractivity contribution in [3.05, 3.63) is 33.0 Å². The molecule has 0 atom stereocenters. The fourth-order valence-corrected chi connectivity index (χ4v) is 3.01. The second kappa shape index (κ2) is 6.78. The molecule has 96 valence electrons. The predicted molar refractivity (Wildman–Crippen MR) is 84.9 cm³/mol. The van der Waals surface area contributed by atoms with Crippen LogP contribution in [0.2, 0.25) is 5.02 Å². The number of ether oxygens (including phenoxy) is 1. The summed E-state index contributed by atoms with van der Waals surface area (Å²) in [6.45, 7) is 0.649. The predicted octanol–water partition coefficient (Wildman–Crippen LogP) is 4.89. The second-order valence-corrected chi connectivity index (χ2v) is 5.76. The van der Waals surface area contributed by atoms with Crippen LogP contribution in [0.25, 0.3) is 10.9 Å². The van der Waals surface area contributed by atoms with E-state index >= 15 is 0 Å². The molecule has 1 heterocycles. The van der Waals surface area contributed by atoms with Gasteiger partial charge >= 0.3 is 0 Å².